The lowest BCUT2D eigenvalue weighted by Crippen LogP contribution is -2.07. The minimum Gasteiger partial charge on any atom is -0.490 e. The van der Waals surface area contributed by atoms with Crippen LogP contribution in [0.5, 0.6) is 5.75 Å². The summed E-state index contributed by atoms with van der Waals surface area (Å²) in [6.45, 7) is 2.13. The number of hydrogen-bond acceptors (Lipinski definition) is 2. The fourth-order valence-electron chi connectivity index (χ4n) is 1.18. The molecule has 1 aromatic rings. The van der Waals surface area contributed by atoms with Crippen LogP contribution in [0.3, 0.4) is 0 Å². The monoisotopic (exact) mass is 230 g/mol. The molecule has 0 spiro atoms. The number of ether oxygens (including phenoxy) is 1. The Hall–Kier alpha value is -1.65. The van der Waals surface area contributed by atoms with Gasteiger partial charge in [-0.05, 0) is 12.5 Å². The maximum atomic E-state index is 13.3. The van der Waals surface area contributed by atoms with Crippen molar-refractivity contribution in [1.82, 2.24) is 0 Å². The van der Waals surface area contributed by atoms with Gasteiger partial charge in [0.05, 0.1) is 6.61 Å². The number of unbranched alkanes of at least 4 members (excludes halogenated alkanes) is 1. The van der Waals surface area contributed by atoms with Crippen molar-refractivity contribution in [2.24, 2.45) is 0 Å². The zero-order valence-corrected chi connectivity index (χ0v) is 8.80. The summed E-state index contributed by atoms with van der Waals surface area (Å²) in [6, 6.07) is 1.35. The lowest BCUT2D eigenvalue weighted by molar-refractivity contribution is 0.0690. The Morgan fingerprint density at radius 1 is 1.44 bits per heavy atom. The molecule has 0 aromatic heterocycles. The summed E-state index contributed by atoms with van der Waals surface area (Å²) in [5, 5.41) is 8.76. The number of halogens is 2. The first-order valence-electron chi connectivity index (χ1n) is 4.91. The van der Waals surface area contributed by atoms with Crippen molar-refractivity contribution in [2.45, 2.75) is 19.8 Å². The number of benzene rings is 1. The first kappa shape index (κ1) is 12.4. The van der Waals surface area contributed by atoms with Crippen molar-refractivity contribution in [3.05, 3.63) is 29.3 Å². The molecule has 0 amide bonds. The Labute approximate surface area is 91.7 Å². The molecule has 0 bridgehead atoms. The van der Waals surface area contributed by atoms with Crippen LogP contribution in [0.4, 0.5) is 8.78 Å². The highest BCUT2D eigenvalue weighted by molar-refractivity contribution is 5.90. The molecule has 16 heavy (non-hydrogen) atoms. The zero-order valence-electron chi connectivity index (χ0n) is 8.80. The van der Waals surface area contributed by atoms with E-state index >= 15 is 0 Å². The molecule has 0 unspecified atom stereocenters. The van der Waals surface area contributed by atoms with Gasteiger partial charge in [-0.15, -0.1) is 0 Å². The molecular formula is C11H12F2O3. The third-order valence-corrected chi connectivity index (χ3v) is 1.98. The molecule has 88 valence electrons. The summed E-state index contributed by atoms with van der Waals surface area (Å²) < 4.78 is 31.1. The molecule has 0 atom stereocenters. The van der Waals surface area contributed by atoms with E-state index in [0.29, 0.717) is 12.5 Å². The third kappa shape index (κ3) is 2.92. The van der Waals surface area contributed by atoms with E-state index in [4.69, 9.17) is 9.84 Å². The van der Waals surface area contributed by atoms with Gasteiger partial charge in [-0.1, -0.05) is 13.3 Å². The molecule has 1 aromatic carbocycles. The highest BCUT2D eigenvalue weighted by Gasteiger charge is 2.17. The van der Waals surface area contributed by atoms with E-state index in [1.807, 2.05) is 6.92 Å². The topological polar surface area (TPSA) is 46.5 Å². The molecule has 0 radical (unpaired) electrons. The van der Waals surface area contributed by atoms with Gasteiger partial charge in [0.15, 0.2) is 11.6 Å². The van der Waals surface area contributed by atoms with Gasteiger partial charge in [-0.3, -0.25) is 0 Å². The summed E-state index contributed by atoms with van der Waals surface area (Å²) >= 11 is 0. The molecule has 3 nitrogen and oxygen atoms in total. The molecule has 0 aliphatic heterocycles. The molecule has 1 rings (SSSR count). The Morgan fingerprint density at radius 3 is 2.69 bits per heavy atom. The van der Waals surface area contributed by atoms with Crippen LogP contribution in [-0.2, 0) is 0 Å². The van der Waals surface area contributed by atoms with Gasteiger partial charge >= 0.3 is 5.97 Å². The molecule has 0 aliphatic carbocycles. The smallest absolute Gasteiger partial charge is 0.339 e. The van der Waals surface area contributed by atoms with Gasteiger partial charge in [0.25, 0.3) is 0 Å². The second-order valence-electron chi connectivity index (χ2n) is 3.27. The van der Waals surface area contributed by atoms with Crippen molar-refractivity contribution in [3.8, 4) is 5.75 Å². The molecule has 1 N–H and O–H groups in total. The first-order valence-corrected chi connectivity index (χ1v) is 4.91. The van der Waals surface area contributed by atoms with Gasteiger partial charge in [0.1, 0.15) is 11.4 Å². The molecule has 0 saturated heterocycles. The van der Waals surface area contributed by atoms with E-state index in [0.717, 1.165) is 12.5 Å². The number of rotatable bonds is 5. The Balaban J connectivity index is 2.99. The first-order chi connectivity index (χ1) is 7.56. The largest absolute Gasteiger partial charge is 0.490 e. The molecular weight excluding hydrogens is 218 g/mol. The average Bonchev–Trinajstić information content (AvgIpc) is 2.20. The van der Waals surface area contributed by atoms with Gasteiger partial charge in [0.2, 0.25) is 0 Å². The van der Waals surface area contributed by atoms with E-state index in [9.17, 15) is 13.6 Å². The Morgan fingerprint density at radius 2 is 2.12 bits per heavy atom. The maximum Gasteiger partial charge on any atom is 0.339 e. The number of carboxylic acids is 1. The quantitative estimate of drug-likeness (QED) is 0.791. The van der Waals surface area contributed by atoms with Crippen LogP contribution >= 0.6 is 0 Å². The van der Waals surface area contributed by atoms with E-state index in [2.05, 4.69) is 0 Å². The number of hydrogen-bond donors (Lipinski definition) is 1. The Kier molecular flexibility index (Phi) is 4.22. The highest BCUT2D eigenvalue weighted by atomic mass is 19.1. The summed E-state index contributed by atoms with van der Waals surface area (Å²) in [5.74, 6) is -3.74. The van der Waals surface area contributed by atoms with Crippen molar-refractivity contribution in [1.29, 1.82) is 0 Å². The molecule has 0 saturated carbocycles. The van der Waals surface area contributed by atoms with Crippen molar-refractivity contribution >= 4 is 5.97 Å². The van der Waals surface area contributed by atoms with Crippen LogP contribution in [0.25, 0.3) is 0 Å². The second-order valence-corrected chi connectivity index (χ2v) is 3.27. The maximum absolute atomic E-state index is 13.3. The summed E-state index contributed by atoms with van der Waals surface area (Å²) in [6.07, 6.45) is 1.51. The average molecular weight is 230 g/mol. The van der Waals surface area contributed by atoms with E-state index in [1.165, 1.54) is 0 Å². The normalized spacial score (nSPS) is 10.2. The number of carboxylic acid groups (broad SMARTS) is 1. The summed E-state index contributed by atoms with van der Waals surface area (Å²) in [7, 11) is 0. The fourth-order valence-corrected chi connectivity index (χ4v) is 1.18. The molecule has 0 heterocycles. The standard InChI is InChI=1S/C11H12F2O3/c1-2-3-4-16-10-8(11(14)15)5-7(12)6-9(10)13/h5-6H,2-4H2,1H3,(H,14,15). The van der Waals surface area contributed by atoms with Crippen molar-refractivity contribution < 1.29 is 23.4 Å². The van der Waals surface area contributed by atoms with Crippen LogP contribution in [0, 0.1) is 11.6 Å². The van der Waals surface area contributed by atoms with Crippen molar-refractivity contribution in [3.63, 3.8) is 0 Å². The van der Waals surface area contributed by atoms with Crippen LogP contribution in [0.2, 0.25) is 0 Å². The van der Waals surface area contributed by atoms with Crippen LogP contribution in [0.1, 0.15) is 30.1 Å². The lowest BCUT2D eigenvalue weighted by atomic mass is 10.2. The third-order valence-electron chi connectivity index (χ3n) is 1.98. The van der Waals surface area contributed by atoms with Gasteiger partial charge in [0, 0.05) is 6.07 Å². The fraction of sp³-hybridized carbons (Fsp3) is 0.364. The SMILES string of the molecule is CCCCOc1c(F)cc(F)cc1C(=O)O. The minimum atomic E-state index is -1.41. The van der Waals surface area contributed by atoms with Gasteiger partial charge in [-0.2, -0.15) is 0 Å². The molecule has 0 aliphatic rings. The van der Waals surface area contributed by atoms with Crippen LogP contribution in [0.15, 0.2) is 12.1 Å². The second kappa shape index (κ2) is 5.44. The van der Waals surface area contributed by atoms with E-state index in [-0.39, 0.29) is 6.61 Å². The number of carbonyl (C=O) groups is 1. The van der Waals surface area contributed by atoms with Gasteiger partial charge in [-0.25, -0.2) is 13.6 Å². The Bertz CT molecular complexity index is 391. The lowest BCUT2D eigenvalue weighted by Gasteiger charge is -2.09. The van der Waals surface area contributed by atoms with E-state index in [1.54, 1.807) is 0 Å². The highest BCUT2D eigenvalue weighted by Crippen LogP contribution is 2.24. The van der Waals surface area contributed by atoms with Crippen molar-refractivity contribution in [2.75, 3.05) is 6.61 Å². The summed E-state index contributed by atoms with van der Waals surface area (Å²) in [4.78, 5) is 10.7. The molecule has 5 heteroatoms. The predicted octanol–water partition coefficient (Wildman–Crippen LogP) is 2.84. The number of aromatic carboxylic acids is 1. The van der Waals surface area contributed by atoms with E-state index < -0.39 is 28.9 Å². The summed E-state index contributed by atoms with van der Waals surface area (Å²) in [5.41, 5.74) is -0.492. The van der Waals surface area contributed by atoms with Gasteiger partial charge < -0.3 is 9.84 Å². The molecule has 0 fully saturated rings. The van der Waals surface area contributed by atoms with Crippen LogP contribution in [-0.4, -0.2) is 17.7 Å². The zero-order chi connectivity index (χ0) is 12.1. The predicted molar refractivity (Wildman–Crippen MR) is 53.7 cm³/mol. The minimum absolute atomic E-state index is 0.208. The van der Waals surface area contributed by atoms with Crippen LogP contribution < -0.4 is 4.74 Å².